The summed E-state index contributed by atoms with van der Waals surface area (Å²) in [6, 6.07) is -1.39. The number of aromatic nitrogens is 2. The molecular weight excluding hydrogens is 1050 g/mol. The average molecular weight is 1100 g/mol. The topological polar surface area (TPSA) is 450 Å². The van der Waals surface area contributed by atoms with E-state index >= 15 is 0 Å². The summed E-state index contributed by atoms with van der Waals surface area (Å²) < 4.78 is 40.5. The molecule has 0 fully saturated rings. The molecule has 0 aliphatic carbocycles. The number of oxazole rings is 2. The summed E-state index contributed by atoms with van der Waals surface area (Å²) in [5.74, 6) is -5.18. The third-order valence-corrected chi connectivity index (χ3v) is 5.06. The van der Waals surface area contributed by atoms with Gasteiger partial charge in [0.25, 0.3) is 0 Å². The van der Waals surface area contributed by atoms with Crippen LogP contribution in [0.3, 0.4) is 0 Å². The van der Waals surface area contributed by atoms with Gasteiger partial charge < -0.3 is 78.1 Å². The van der Waals surface area contributed by atoms with Crippen LogP contribution in [-0.4, -0.2) is 172 Å². The van der Waals surface area contributed by atoms with Crippen molar-refractivity contribution in [2.75, 3.05) is 26.4 Å². The minimum absolute atomic E-state index is 0. The predicted octanol–water partition coefficient (Wildman–Crippen LogP) is -7.89. The zero-order valence-corrected chi connectivity index (χ0v) is 46.7. The van der Waals surface area contributed by atoms with Gasteiger partial charge in [0, 0.05) is 56.0 Å². The Kier molecular flexibility index (Phi) is 65.3. The molecule has 0 aliphatic rings. The monoisotopic (exact) mass is 1100 g/mol. The molecule has 0 spiro atoms. The van der Waals surface area contributed by atoms with E-state index < -0.39 is 85.7 Å². The Morgan fingerprint density at radius 3 is 1.36 bits per heavy atom. The van der Waals surface area contributed by atoms with Gasteiger partial charge in [-0.05, 0) is 27.7 Å². The molecule has 2 rings (SSSR count). The first-order valence-electron chi connectivity index (χ1n) is 17.9. The zero-order chi connectivity index (χ0) is 55.6. The molecule has 0 bridgehead atoms. The van der Waals surface area contributed by atoms with Gasteiger partial charge >= 0.3 is 101 Å². The van der Waals surface area contributed by atoms with Crippen LogP contribution in [0.15, 0.2) is 19.3 Å². The van der Waals surface area contributed by atoms with Crippen LogP contribution in [-0.2, 0) is 76.1 Å². The number of aromatic carboxylic acids is 1. The standard InChI is InChI=1S/C7H10BNO4.C7H8BNO3.C5H6BNO4.C5H4BNO3.C5H7BO3.C4H6O3.Cl2OS.HNO2.2Na.H2O/c1-3-13-7(12)5(6(8)11)9-4(2)10;1-3-11-7(10)5-6(8)12-4(2)9-5;1-2-11-5(9)3(7-10)4(6)8;1-2-7-3(5(8)9)4(6)10-2;1-2-9-5(8)3-4(6)7;1-3(5)7-4(2)6;1-4(2)3;2-1-3;;;/h5H,3H2,1-2H3,(H,9,10);3H2,1-2H3;10H,2H2,1H3;1H3,(H,8,9);2-3H2,1H3;1-2H3;;(H,2,3);;;1H2/q;;;;;;;;2*+1;/p-2/b;;7-3-;;;;;;;;. The van der Waals surface area contributed by atoms with E-state index in [1.54, 1.807) is 34.6 Å². The molecular formula is C33H42B5Cl2N5Na2O24S. The fourth-order valence-electron chi connectivity index (χ4n) is 3.01. The molecule has 2 aromatic rings. The van der Waals surface area contributed by atoms with Crippen molar-refractivity contribution in [3.8, 4) is 0 Å². The van der Waals surface area contributed by atoms with Crippen LogP contribution >= 0.6 is 21.4 Å². The number of rotatable bonds is 13. The Hall–Kier alpha value is -4.73. The maximum atomic E-state index is 11.1. The summed E-state index contributed by atoms with van der Waals surface area (Å²) in [4.78, 5) is 130. The van der Waals surface area contributed by atoms with Gasteiger partial charge in [0.05, 0.1) is 49.9 Å². The van der Waals surface area contributed by atoms with Crippen LogP contribution in [0.4, 0.5) is 0 Å². The van der Waals surface area contributed by atoms with Crippen LogP contribution in [0.1, 0.15) is 87.6 Å². The zero-order valence-electron chi connectivity index (χ0n) is 40.4. The molecule has 4 N–H and O–H groups in total. The number of carboxylic acids is 1. The normalized spacial score (nSPS) is 9.19. The van der Waals surface area contributed by atoms with E-state index in [1.807, 2.05) is 0 Å². The largest absolute Gasteiger partial charge is 1.00 e. The number of nitrogens with zero attached hydrogens (tertiary/aromatic N) is 4. The number of aryl methyl sites for hydroxylation is 2. The summed E-state index contributed by atoms with van der Waals surface area (Å²) in [5, 5.41) is 29.9. The van der Waals surface area contributed by atoms with Crippen molar-refractivity contribution in [3.63, 3.8) is 0 Å². The molecule has 72 heavy (non-hydrogen) atoms. The average Bonchev–Trinajstić information content (AvgIpc) is 3.72. The van der Waals surface area contributed by atoms with Crippen molar-refractivity contribution in [1.29, 1.82) is 0 Å². The van der Waals surface area contributed by atoms with Crippen LogP contribution in [0, 0.1) is 24.0 Å². The Morgan fingerprint density at radius 2 is 1.14 bits per heavy atom. The van der Waals surface area contributed by atoms with Crippen molar-refractivity contribution in [1.82, 2.24) is 15.3 Å². The number of ether oxygens (including phenoxy) is 5. The summed E-state index contributed by atoms with van der Waals surface area (Å²) >= 11 is 0. The maximum absolute atomic E-state index is 11.1. The summed E-state index contributed by atoms with van der Waals surface area (Å²) in [5.41, 5.74) is -3.83. The number of carbonyl (C=O) groups excluding carboxylic acids is 10. The number of carbonyl (C=O) groups is 11. The number of halogens is 2. The fraction of sp³-hybridized carbons (Fsp3) is 0.455. The van der Waals surface area contributed by atoms with Gasteiger partial charge in [-0.2, -0.15) is 0 Å². The molecule has 39 heteroatoms. The van der Waals surface area contributed by atoms with Crippen LogP contribution < -0.4 is 75.8 Å². The Morgan fingerprint density at radius 1 is 0.764 bits per heavy atom. The van der Waals surface area contributed by atoms with Gasteiger partial charge in [0.1, 0.15) is 11.4 Å². The predicted molar refractivity (Wildman–Crippen MR) is 243 cm³/mol. The number of hydrogen-bond acceptors (Lipinski definition) is 27. The second-order valence-corrected chi connectivity index (χ2v) is 13.1. The van der Waals surface area contributed by atoms with Crippen molar-refractivity contribution in [3.05, 3.63) is 33.3 Å². The van der Waals surface area contributed by atoms with Crippen LogP contribution in [0.25, 0.3) is 0 Å². The summed E-state index contributed by atoms with van der Waals surface area (Å²) in [7, 11) is 32.0. The molecule has 1 amide bonds. The number of carboxylic acid groups (broad SMARTS) is 1. The minimum Gasteiger partial charge on any atom is -0.870 e. The summed E-state index contributed by atoms with van der Waals surface area (Å²) in [6.07, 6.45) is -0.326. The van der Waals surface area contributed by atoms with Crippen molar-refractivity contribution in [2.45, 2.75) is 74.8 Å². The molecule has 380 valence electrons. The molecule has 0 saturated heterocycles. The van der Waals surface area contributed by atoms with E-state index in [9.17, 15) is 52.7 Å². The second kappa shape index (κ2) is 54.1. The maximum Gasteiger partial charge on any atom is 1.00 e. The van der Waals surface area contributed by atoms with Crippen molar-refractivity contribution >= 4 is 152 Å². The van der Waals surface area contributed by atoms with Gasteiger partial charge in [-0.25, -0.2) is 33.4 Å². The third-order valence-electron chi connectivity index (χ3n) is 5.06. The van der Waals surface area contributed by atoms with Gasteiger partial charge in [0.15, 0.2) is 68.4 Å². The Balaban J connectivity index is -0.0000000919. The van der Waals surface area contributed by atoms with Gasteiger partial charge in [0.2, 0.25) is 20.8 Å². The second-order valence-electron chi connectivity index (χ2n) is 10.5. The number of amides is 1. The summed E-state index contributed by atoms with van der Waals surface area (Å²) in [6.45, 7) is 14.0. The van der Waals surface area contributed by atoms with E-state index in [1.165, 1.54) is 27.7 Å². The molecule has 29 nitrogen and oxygen atoms in total. The first-order valence-corrected chi connectivity index (χ1v) is 20.7. The molecule has 0 aliphatic heterocycles. The van der Waals surface area contributed by atoms with Gasteiger partial charge in [-0.1, -0.05) is 5.16 Å². The van der Waals surface area contributed by atoms with Crippen LogP contribution in [0.2, 0.25) is 0 Å². The molecule has 0 aromatic carbocycles. The van der Waals surface area contributed by atoms with E-state index in [4.69, 9.17) is 52.6 Å². The molecule has 1 atom stereocenters. The van der Waals surface area contributed by atoms with Crippen molar-refractivity contribution in [2.24, 2.45) is 10.5 Å². The van der Waals surface area contributed by atoms with Crippen LogP contribution in [0.5, 0.6) is 0 Å². The number of nitrogens with one attached hydrogen (secondary N) is 1. The number of oxime groups is 1. The minimum atomic E-state index is -1.67. The number of hydrogen-bond donors (Lipinski definition) is 3. The quantitative estimate of drug-likeness (QED) is 0.0193. The van der Waals surface area contributed by atoms with Crippen molar-refractivity contribution < 1.29 is 164 Å². The third kappa shape index (κ3) is 56.2. The molecule has 2 heterocycles. The SMILES string of the molecule is CC(=O)OC(C)=O.O=N[O-].O=S(Cl)Cl.[B]C(=O)/C(=N/O)C(=O)OCC.[B]C(=O)C(NC(C)=O)C(=O)OCC.[B]C(=O)CC(=O)OCC.[B]c1oc(C)nc1C(=O)O.[B]c1oc(C)nc1C(=O)OCC.[Na+].[Na+].[OH-]. The van der Waals surface area contributed by atoms with Gasteiger partial charge in [-0.3, -0.25) is 19.2 Å². The first kappa shape index (κ1) is 87.0. The van der Waals surface area contributed by atoms with E-state index in [-0.39, 0.29) is 119 Å². The smallest absolute Gasteiger partial charge is 0.870 e. The Bertz CT molecular complexity index is 2050. The molecule has 10 radical (unpaired) electrons. The molecule has 1 unspecified atom stereocenters. The van der Waals surface area contributed by atoms with E-state index in [2.05, 4.69) is 85.6 Å². The molecule has 0 saturated carbocycles. The number of esters is 6. The Labute approximate surface area is 472 Å². The van der Waals surface area contributed by atoms with E-state index in [0.29, 0.717) is 12.5 Å². The van der Waals surface area contributed by atoms with Gasteiger partial charge in [-0.15, -0.1) is 5.34 Å². The fourth-order valence-corrected chi connectivity index (χ4v) is 3.01. The first-order chi connectivity index (χ1) is 31.8. The van der Waals surface area contributed by atoms with E-state index in [0.717, 1.165) is 5.34 Å². The molecule has 2 aromatic heterocycles.